The van der Waals surface area contributed by atoms with Crippen molar-refractivity contribution in [3.8, 4) is 0 Å². The van der Waals surface area contributed by atoms with E-state index in [4.69, 9.17) is 0 Å². The molecule has 2 N–H and O–H groups in total. The minimum atomic E-state index is -1.26. The number of carbonyl (C=O) groups excluding carboxylic acids is 1. The van der Waals surface area contributed by atoms with Gasteiger partial charge in [-0.2, -0.15) is 0 Å². The molecule has 3 nitrogen and oxygen atoms in total. The Bertz CT molecular complexity index is 678. The number of benzene rings is 2. The second kappa shape index (κ2) is 6.28. The van der Waals surface area contributed by atoms with E-state index in [0.29, 0.717) is 11.1 Å². The van der Waals surface area contributed by atoms with E-state index in [0.717, 1.165) is 11.1 Å². The quantitative estimate of drug-likeness (QED) is 0.912. The van der Waals surface area contributed by atoms with Gasteiger partial charge in [-0.25, -0.2) is 4.39 Å². The molecule has 0 fully saturated rings. The Hall–Kier alpha value is -2.20. The van der Waals surface area contributed by atoms with Crippen LogP contribution in [0, 0.1) is 19.7 Å². The molecule has 0 aliphatic rings. The first kappa shape index (κ1) is 16.2. The van der Waals surface area contributed by atoms with Gasteiger partial charge in [0.2, 0.25) is 0 Å². The maximum atomic E-state index is 12.9. The number of halogens is 1. The van der Waals surface area contributed by atoms with E-state index in [1.54, 1.807) is 13.0 Å². The maximum absolute atomic E-state index is 12.9. The molecule has 0 saturated heterocycles. The SMILES string of the molecule is Cc1ccc(C(=O)NCC(C)(O)c2ccc(F)cc2)c(C)c1. The van der Waals surface area contributed by atoms with Crippen LogP contribution < -0.4 is 5.32 Å². The van der Waals surface area contributed by atoms with Crippen molar-refractivity contribution in [3.05, 3.63) is 70.5 Å². The summed E-state index contributed by atoms with van der Waals surface area (Å²) in [5.74, 6) is -0.598. The summed E-state index contributed by atoms with van der Waals surface area (Å²) in [6.07, 6.45) is 0. The Morgan fingerprint density at radius 3 is 2.41 bits per heavy atom. The summed E-state index contributed by atoms with van der Waals surface area (Å²) in [4.78, 5) is 12.2. The van der Waals surface area contributed by atoms with Crippen LogP contribution in [0.2, 0.25) is 0 Å². The fraction of sp³-hybridized carbons (Fsp3) is 0.278. The highest BCUT2D eigenvalue weighted by Gasteiger charge is 2.24. The number of nitrogens with one attached hydrogen (secondary N) is 1. The Kier molecular flexibility index (Phi) is 4.62. The maximum Gasteiger partial charge on any atom is 0.251 e. The third-order valence-corrected chi connectivity index (χ3v) is 3.69. The molecule has 0 saturated carbocycles. The minimum absolute atomic E-state index is 0.0464. The molecule has 0 radical (unpaired) electrons. The number of carbonyl (C=O) groups is 1. The van der Waals surface area contributed by atoms with Gasteiger partial charge in [0.1, 0.15) is 11.4 Å². The number of rotatable bonds is 4. The van der Waals surface area contributed by atoms with E-state index >= 15 is 0 Å². The molecule has 0 heterocycles. The molecule has 0 spiro atoms. The summed E-state index contributed by atoms with van der Waals surface area (Å²) >= 11 is 0. The number of aliphatic hydroxyl groups is 1. The second-order valence-corrected chi connectivity index (χ2v) is 5.78. The van der Waals surface area contributed by atoms with Crippen molar-refractivity contribution in [2.24, 2.45) is 0 Å². The van der Waals surface area contributed by atoms with Gasteiger partial charge in [-0.3, -0.25) is 4.79 Å². The van der Waals surface area contributed by atoms with Gasteiger partial charge >= 0.3 is 0 Å². The van der Waals surface area contributed by atoms with Gasteiger partial charge in [0.05, 0.1) is 6.54 Å². The van der Waals surface area contributed by atoms with Crippen molar-refractivity contribution < 1.29 is 14.3 Å². The van der Waals surface area contributed by atoms with E-state index in [1.807, 2.05) is 26.0 Å². The Morgan fingerprint density at radius 2 is 1.82 bits per heavy atom. The lowest BCUT2D eigenvalue weighted by atomic mass is 9.95. The predicted molar refractivity (Wildman–Crippen MR) is 84.2 cm³/mol. The van der Waals surface area contributed by atoms with Gasteiger partial charge in [0.25, 0.3) is 5.91 Å². The van der Waals surface area contributed by atoms with Gasteiger partial charge < -0.3 is 10.4 Å². The molecule has 2 aromatic carbocycles. The fourth-order valence-electron chi connectivity index (χ4n) is 2.33. The normalized spacial score (nSPS) is 13.5. The summed E-state index contributed by atoms with van der Waals surface area (Å²) in [7, 11) is 0. The standard InChI is InChI=1S/C18H20FNO2/c1-12-4-9-16(13(2)10-12)17(21)20-11-18(3,22)14-5-7-15(19)8-6-14/h4-10,22H,11H2,1-3H3,(H,20,21). The zero-order chi connectivity index (χ0) is 16.3. The first-order chi connectivity index (χ1) is 10.3. The molecular weight excluding hydrogens is 281 g/mol. The van der Waals surface area contributed by atoms with Crippen LogP contribution in [0.4, 0.5) is 4.39 Å². The summed E-state index contributed by atoms with van der Waals surface area (Å²) in [5.41, 5.74) is 1.85. The van der Waals surface area contributed by atoms with E-state index in [-0.39, 0.29) is 18.3 Å². The van der Waals surface area contributed by atoms with Crippen molar-refractivity contribution in [1.82, 2.24) is 5.32 Å². The lowest BCUT2D eigenvalue weighted by Gasteiger charge is -2.24. The van der Waals surface area contributed by atoms with Crippen LogP contribution in [0.1, 0.15) is 34.0 Å². The van der Waals surface area contributed by atoms with Crippen LogP contribution in [-0.2, 0) is 5.60 Å². The Labute approximate surface area is 129 Å². The monoisotopic (exact) mass is 301 g/mol. The highest BCUT2D eigenvalue weighted by Crippen LogP contribution is 2.20. The van der Waals surface area contributed by atoms with E-state index in [2.05, 4.69) is 5.32 Å². The molecule has 0 bridgehead atoms. The summed E-state index contributed by atoms with van der Waals surface area (Å²) < 4.78 is 12.9. The molecule has 1 atom stereocenters. The molecule has 0 aliphatic heterocycles. The van der Waals surface area contributed by atoms with Crippen molar-refractivity contribution in [2.75, 3.05) is 6.54 Å². The topological polar surface area (TPSA) is 49.3 Å². The molecule has 2 rings (SSSR count). The van der Waals surface area contributed by atoms with Crippen LogP contribution in [0.25, 0.3) is 0 Å². The average Bonchev–Trinajstić information content (AvgIpc) is 2.45. The smallest absolute Gasteiger partial charge is 0.251 e. The zero-order valence-electron chi connectivity index (χ0n) is 13.0. The van der Waals surface area contributed by atoms with Gasteiger partial charge in [-0.1, -0.05) is 29.8 Å². The molecule has 22 heavy (non-hydrogen) atoms. The van der Waals surface area contributed by atoms with Crippen LogP contribution >= 0.6 is 0 Å². The molecule has 116 valence electrons. The lowest BCUT2D eigenvalue weighted by molar-refractivity contribution is 0.0525. The summed E-state index contributed by atoms with van der Waals surface area (Å²) in [5, 5.41) is 13.2. The summed E-state index contributed by atoms with van der Waals surface area (Å²) in [6, 6.07) is 11.2. The molecule has 1 amide bonds. The molecule has 2 aromatic rings. The first-order valence-electron chi connectivity index (χ1n) is 7.13. The van der Waals surface area contributed by atoms with Gasteiger partial charge in [0.15, 0.2) is 0 Å². The van der Waals surface area contributed by atoms with Crippen molar-refractivity contribution in [2.45, 2.75) is 26.4 Å². The van der Waals surface area contributed by atoms with Crippen LogP contribution in [0.15, 0.2) is 42.5 Å². The molecule has 0 aliphatic carbocycles. The molecular formula is C18H20FNO2. The van der Waals surface area contributed by atoms with E-state index in [9.17, 15) is 14.3 Å². The highest BCUT2D eigenvalue weighted by molar-refractivity contribution is 5.95. The van der Waals surface area contributed by atoms with Gasteiger partial charge in [0, 0.05) is 5.56 Å². The first-order valence-corrected chi connectivity index (χ1v) is 7.13. The van der Waals surface area contributed by atoms with Crippen LogP contribution in [-0.4, -0.2) is 17.6 Å². The predicted octanol–water partition coefficient (Wildman–Crippen LogP) is 3.08. The summed E-state index contributed by atoms with van der Waals surface area (Å²) in [6.45, 7) is 5.47. The van der Waals surface area contributed by atoms with Gasteiger partial charge in [-0.15, -0.1) is 0 Å². The highest BCUT2D eigenvalue weighted by atomic mass is 19.1. The number of hydrogen-bond donors (Lipinski definition) is 2. The number of hydrogen-bond acceptors (Lipinski definition) is 2. The fourth-order valence-corrected chi connectivity index (χ4v) is 2.33. The largest absolute Gasteiger partial charge is 0.384 e. The lowest BCUT2D eigenvalue weighted by Crippen LogP contribution is -2.38. The second-order valence-electron chi connectivity index (χ2n) is 5.78. The van der Waals surface area contributed by atoms with Crippen molar-refractivity contribution in [3.63, 3.8) is 0 Å². The van der Waals surface area contributed by atoms with E-state index in [1.165, 1.54) is 24.3 Å². The molecule has 1 unspecified atom stereocenters. The third-order valence-electron chi connectivity index (χ3n) is 3.69. The minimum Gasteiger partial charge on any atom is -0.384 e. The van der Waals surface area contributed by atoms with E-state index < -0.39 is 5.60 Å². The van der Waals surface area contributed by atoms with Gasteiger partial charge in [-0.05, 0) is 50.1 Å². The molecule has 4 heteroatoms. The third kappa shape index (κ3) is 3.71. The molecule has 0 aromatic heterocycles. The average molecular weight is 301 g/mol. The Morgan fingerprint density at radius 1 is 1.18 bits per heavy atom. The van der Waals surface area contributed by atoms with Crippen LogP contribution in [0.5, 0.6) is 0 Å². The van der Waals surface area contributed by atoms with Crippen LogP contribution in [0.3, 0.4) is 0 Å². The number of aryl methyl sites for hydroxylation is 2. The number of amides is 1. The van der Waals surface area contributed by atoms with Crippen molar-refractivity contribution in [1.29, 1.82) is 0 Å². The Balaban J connectivity index is 2.08. The zero-order valence-corrected chi connectivity index (χ0v) is 13.0. The van der Waals surface area contributed by atoms with Crippen molar-refractivity contribution >= 4 is 5.91 Å².